The second-order valence-electron chi connectivity index (χ2n) is 9.38. The zero-order valence-electron chi connectivity index (χ0n) is 19.5. The van der Waals surface area contributed by atoms with Crippen LogP contribution in [0.1, 0.15) is 53.2 Å². The van der Waals surface area contributed by atoms with Crippen molar-refractivity contribution in [3.05, 3.63) is 64.5 Å². The molecule has 2 N–H and O–H groups in total. The molecule has 2 aliphatic rings. The first-order chi connectivity index (χ1) is 17.2. The largest absolute Gasteiger partial charge is 0.416 e. The Bertz CT molecular complexity index is 1310. The standard InChI is InChI=1S/C24H24F6N2O4S/c1-37(35,36)18-9-8-15(25)19(20(18)27)23(34)32-10-2-3-17(32)22(33)31-21(12-4-5-12)14-7-6-13(11-16(14)26)24(28,29)30/h6-9,11-12,17,21-22,31,33H,2-5,10H2,1H3/t17-,21-,22?/m1/s1. The Balaban J connectivity index is 1.59. The summed E-state index contributed by atoms with van der Waals surface area (Å²) in [5, 5.41) is 13.7. The van der Waals surface area contributed by atoms with E-state index in [0.29, 0.717) is 43.7 Å². The zero-order valence-corrected chi connectivity index (χ0v) is 20.3. The summed E-state index contributed by atoms with van der Waals surface area (Å²) < 4.78 is 107. The van der Waals surface area contributed by atoms with E-state index >= 15 is 0 Å². The highest BCUT2D eigenvalue weighted by atomic mass is 32.2. The summed E-state index contributed by atoms with van der Waals surface area (Å²) in [6.07, 6.45) is -3.70. The number of aliphatic hydroxyl groups excluding tert-OH is 1. The number of amides is 1. The molecule has 2 aromatic carbocycles. The van der Waals surface area contributed by atoms with E-state index in [0.717, 1.165) is 17.0 Å². The highest BCUT2D eigenvalue weighted by molar-refractivity contribution is 7.90. The third kappa shape index (κ3) is 5.63. The molecule has 1 heterocycles. The van der Waals surface area contributed by atoms with Crippen LogP contribution in [0.3, 0.4) is 0 Å². The minimum Gasteiger partial charge on any atom is -0.376 e. The number of nitrogens with one attached hydrogen (secondary N) is 1. The molecule has 0 spiro atoms. The zero-order chi connectivity index (χ0) is 27.3. The van der Waals surface area contributed by atoms with E-state index in [9.17, 15) is 44.7 Å². The van der Waals surface area contributed by atoms with Crippen molar-refractivity contribution in [3.63, 3.8) is 0 Å². The number of likely N-dealkylation sites (tertiary alicyclic amines) is 1. The summed E-state index contributed by atoms with van der Waals surface area (Å²) in [5.74, 6) is -5.25. The van der Waals surface area contributed by atoms with E-state index in [4.69, 9.17) is 0 Å². The average Bonchev–Trinajstić information content (AvgIpc) is 3.51. The number of alkyl halides is 3. The summed E-state index contributed by atoms with van der Waals surface area (Å²) in [7, 11) is -4.11. The Labute approximate surface area is 209 Å². The summed E-state index contributed by atoms with van der Waals surface area (Å²) in [6, 6.07) is 1.64. The van der Waals surface area contributed by atoms with Gasteiger partial charge >= 0.3 is 6.18 Å². The fourth-order valence-electron chi connectivity index (χ4n) is 4.69. The molecule has 4 rings (SSSR count). The molecule has 13 heteroatoms. The molecule has 1 saturated carbocycles. The minimum absolute atomic E-state index is 0.00690. The molecular formula is C24H24F6N2O4S. The van der Waals surface area contributed by atoms with Gasteiger partial charge in [-0.2, -0.15) is 13.2 Å². The molecule has 0 aromatic heterocycles. The van der Waals surface area contributed by atoms with Crippen molar-refractivity contribution in [3.8, 4) is 0 Å². The van der Waals surface area contributed by atoms with Gasteiger partial charge in [-0.25, -0.2) is 21.6 Å². The van der Waals surface area contributed by atoms with E-state index in [-0.39, 0.29) is 24.4 Å². The molecule has 2 fully saturated rings. The highest BCUT2D eigenvalue weighted by Gasteiger charge is 2.41. The van der Waals surface area contributed by atoms with Crippen LogP contribution in [-0.2, 0) is 16.0 Å². The van der Waals surface area contributed by atoms with Gasteiger partial charge in [-0.05, 0) is 55.9 Å². The summed E-state index contributed by atoms with van der Waals surface area (Å²) >= 11 is 0. The van der Waals surface area contributed by atoms with Crippen LogP contribution >= 0.6 is 0 Å². The number of nitrogens with zero attached hydrogens (tertiary/aromatic N) is 1. The van der Waals surface area contributed by atoms with Crippen molar-refractivity contribution in [1.82, 2.24) is 10.2 Å². The van der Waals surface area contributed by atoms with Crippen molar-refractivity contribution in [2.75, 3.05) is 12.8 Å². The van der Waals surface area contributed by atoms with Gasteiger partial charge in [-0.15, -0.1) is 0 Å². The number of hydrogen-bond donors (Lipinski definition) is 2. The van der Waals surface area contributed by atoms with E-state index in [1.54, 1.807) is 0 Å². The molecule has 1 saturated heterocycles. The maximum absolute atomic E-state index is 14.9. The lowest BCUT2D eigenvalue weighted by molar-refractivity contribution is -0.137. The molecule has 0 radical (unpaired) electrons. The highest BCUT2D eigenvalue weighted by Crippen LogP contribution is 2.43. The second-order valence-corrected chi connectivity index (χ2v) is 11.4. The number of hydrogen-bond acceptors (Lipinski definition) is 5. The Morgan fingerprint density at radius 3 is 2.32 bits per heavy atom. The number of aliphatic hydroxyl groups is 1. The van der Waals surface area contributed by atoms with Crippen molar-refractivity contribution >= 4 is 15.7 Å². The van der Waals surface area contributed by atoms with Gasteiger partial charge in [0.25, 0.3) is 5.91 Å². The van der Waals surface area contributed by atoms with Gasteiger partial charge in [0.15, 0.2) is 15.7 Å². The van der Waals surface area contributed by atoms with Gasteiger partial charge in [0.05, 0.1) is 11.6 Å². The Morgan fingerprint density at radius 2 is 1.76 bits per heavy atom. The predicted octanol–water partition coefficient (Wildman–Crippen LogP) is 4.19. The summed E-state index contributed by atoms with van der Waals surface area (Å²) in [6.45, 7) is 0.00690. The third-order valence-electron chi connectivity index (χ3n) is 6.70. The molecule has 2 aromatic rings. The molecule has 1 aliphatic carbocycles. The lowest BCUT2D eigenvalue weighted by atomic mass is 9.99. The molecule has 0 bridgehead atoms. The van der Waals surface area contributed by atoms with Crippen LogP contribution in [-0.4, -0.2) is 49.4 Å². The Morgan fingerprint density at radius 1 is 1.08 bits per heavy atom. The van der Waals surface area contributed by atoms with Crippen molar-refractivity contribution < 1.29 is 44.7 Å². The predicted molar refractivity (Wildman–Crippen MR) is 120 cm³/mol. The van der Waals surface area contributed by atoms with Gasteiger partial charge in [0.1, 0.15) is 28.3 Å². The number of carbonyl (C=O) groups excluding carboxylic acids is 1. The first-order valence-electron chi connectivity index (χ1n) is 11.5. The van der Waals surface area contributed by atoms with Gasteiger partial charge in [-0.3, -0.25) is 10.1 Å². The van der Waals surface area contributed by atoms with Crippen molar-refractivity contribution in [2.45, 2.75) is 55.1 Å². The fourth-order valence-corrected chi connectivity index (χ4v) is 5.44. The molecule has 3 atom stereocenters. The summed E-state index contributed by atoms with van der Waals surface area (Å²) in [5.41, 5.74) is -2.31. The average molecular weight is 551 g/mol. The van der Waals surface area contributed by atoms with Crippen LogP contribution < -0.4 is 5.32 Å². The monoisotopic (exact) mass is 550 g/mol. The number of sulfone groups is 1. The molecule has 202 valence electrons. The first-order valence-corrected chi connectivity index (χ1v) is 13.4. The van der Waals surface area contributed by atoms with Crippen LogP contribution in [0, 0.1) is 23.4 Å². The van der Waals surface area contributed by atoms with E-state index in [1.165, 1.54) is 0 Å². The number of benzene rings is 2. The van der Waals surface area contributed by atoms with Crippen molar-refractivity contribution in [1.29, 1.82) is 0 Å². The lowest BCUT2D eigenvalue weighted by Gasteiger charge is -2.32. The van der Waals surface area contributed by atoms with Crippen LogP contribution in [0.25, 0.3) is 0 Å². The van der Waals surface area contributed by atoms with E-state index < -0.39 is 73.7 Å². The fraction of sp³-hybridized carbons (Fsp3) is 0.458. The molecule has 1 unspecified atom stereocenters. The minimum atomic E-state index is -4.73. The topological polar surface area (TPSA) is 86.7 Å². The van der Waals surface area contributed by atoms with Gasteiger partial charge in [-0.1, -0.05) is 6.07 Å². The maximum Gasteiger partial charge on any atom is 0.416 e. The third-order valence-corrected chi connectivity index (χ3v) is 7.81. The lowest BCUT2D eigenvalue weighted by Crippen LogP contribution is -2.50. The Hall–Kier alpha value is -2.64. The van der Waals surface area contributed by atoms with E-state index in [1.807, 2.05) is 0 Å². The van der Waals surface area contributed by atoms with Gasteiger partial charge in [0.2, 0.25) is 0 Å². The van der Waals surface area contributed by atoms with Gasteiger partial charge < -0.3 is 10.0 Å². The SMILES string of the molecule is CS(=O)(=O)c1ccc(F)c(C(=O)N2CCC[C@@H]2C(O)N[C@@H](c2ccc(C(F)(F)F)cc2F)C2CC2)c1F. The van der Waals surface area contributed by atoms with E-state index in [2.05, 4.69) is 5.32 Å². The first kappa shape index (κ1) is 27.4. The quantitative estimate of drug-likeness (QED) is 0.307. The normalized spacial score (nSPS) is 20.2. The number of rotatable bonds is 7. The second kappa shape index (κ2) is 9.91. The van der Waals surface area contributed by atoms with Crippen molar-refractivity contribution in [2.24, 2.45) is 5.92 Å². The molecule has 37 heavy (non-hydrogen) atoms. The van der Waals surface area contributed by atoms with Crippen LogP contribution in [0.2, 0.25) is 0 Å². The molecule has 1 aliphatic heterocycles. The maximum atomic E-state index is 14.9. The number of halogens is 6. The van der Waals surface area contributed by atoms with Gasteiger partial charge in [0, 0.05) is 24.4 Å². The van der Waals surface area contributed by atoms with Crippen LogP contribution in [0.15, 0.2) is 35.2 Å². The smallest absolute Gasteiger partial charge is 0.376 e. The molecule has 1 amide bonds. The summed E-state index contributed by atoms with van der Waals surface area (Å²) in [4.78, 5) is 13.3. The Kier molecular flexibility index (Phi) is 7.34. The molecular weight excluding hydrogens is 526 g/mol. The van der Waals surface area contributed by atoms with Crippen LogP contribution in [0.5, 0.6) is 0 Å². The number of carbonyl (C=O) groups is 1. The van der Waals surface area contributed by atoms with Crippen LogP contribution in [0.4, 0.5) is 26.3 Å². The molecule has 6 nitrogen and oxygen atoms in total.